The lowest BCUT2D eigenvalue weighted by molar-refractivity contribution is 1.21. The molecule has 0 unspecified atom stereocenters. The molecule has 0 radical (unpaired) electrons. The number of H-pyrrole nitrogens is 1. The zero-order valence-electron chi connectivity index (χ0n) is 17.2. The second kappa shape index (κ2) is 7.32. The fraction of sp³-hybridized carbons (Fsp3) is 0. The molecular formula is C27H19N5. The van der Waals surface area contributed by atoms with Gasteiger partial charge in [-0.1, -0.05) is 48.5 Å². The number of anilines is 1. The normalized spacial score (nSPS) is 11.2. The van der Waals surface area contributed by atoms with Crippen molar-refractivity contribution in [2.24, 2.45) is 0 Å². The summed E-state index contributed by atoms with van der Waals surface area (Å²) < 4.78 is 0. The number of aromatic nitrogens is 4. The van der Waals surface area contributed by atoms with Gasteiger partial charge in [0.15, 0.2) is 11.5 Å². The number of hydrogen-bond donors (Lipinski definition) is 2. The van der Waals surface area contributed by atoms with Crippen LogP contribution in [0.5, 0.6) is 0 Å². The van der Waals surface area contributed by atoms with E-state index < -0.39 is 0 Å². The van der Waals surface area contributed by atoms with Gasteiger partial charge < -0.3 is 10.7 Å². The van der Waals surface area contributed by atoms with Crippen LogP contribution in [0.25, 0.3) is 54.3 Å². The maximum absolute atomic E-state index is 5.48. The maximum atomic E-state index is 5.48. The molecule has 0 spiro atoms. The Hall–Kier alpha value is -4.51. The van der Waals surface area contributed by atoms with Gasteiger partial charge in [0.2, 0.25) is 0 Å². The van der Waals surface area contributed by atoms with Gasteiger partial charge in [-0.2, -0.15) is 0 Å². The lowest BCUT2D eigenvalue weighted by Crippen LogP contribution is -1.91. The Balaban J connectivity index is 0.000000164. The minimum Gasteiger partial charge on any atom is -0.382 e. The molecule has 5 aromatic carbocycles. The van der Waals surface area contributed by atoms with E-state index in [1.807, 2.05) is 0 Å². The van der Waals surface area contributed by atoms with Crippen molar-refractivity contribution in [2.75, 3.05) is 5.73 Å². The monoisotopic (exact) mass is 413 g/mol. The Morgan fingerprint density at radius 2 is 0.969 bits per heavy atom. The second-order valence-corrected chi connectivity index (χ2v) is 7.81. The lowest BCUT2D eigenvalue weighted by Gasteiger charge is -2.07. The third kappa shape index (κ3) is 3.17. The summed E-state index contributed by atoms with van der Waals surface area (Å²) in [5.41, 5.74) is 6.78. The zero-order chi connectivity index (χ0) is 21.5. The fourth-order valence-electron chi connectivity index (χ4n) is 4.17. The number of benzene rings is 5. The van der Waals surface area contributed by atoms with Gasteiger partial charge in [-0.25, -0.2) is 15.0 Å². The zero-order valence-corrected chi connectivity index (χ0v) is 17.2. The van der Waals surface area contributed by atoms with Crippen LogP contribution in [-0.2, 0) is 0 Å². The number of fused-ring (bicyclic) bond motifs is 5. The smallest absolute Gasteiger partial charge is 0.182 e. The highest BCUT2D eigenvalue weighted by atomic mass is 15.0. The predicted molar refractivity (Wildman–Crippen MR) is 133 cm³/mol. The minimum absolute atomic E-state index is 0.433. The lowest BCUT2D eigenvalue weighted by atomic mass is 9.97. The molecule has 0 amide bonds. The van der Waals surface area contributed by atoms with E-state index >= 15 is 0 Å². The highest BCUT2D eigenvalue weighted by molar-refractivity contribution is 6.08. The number of aromatic amines is 1. The third-order valence-corrected chi connectivity index (χ3v) is 5.78. The van der Waals surface area contributed by atoms with Crippen LogP contribution in [0.15, 0.2) is 97.6 Å². The summed E-state index contributed by atoms with van der Waals surface area (Å²) in [5.74, 6) is 0.433. The molecule has 0 fully saturated rings. The molecular weight excluding hydrogens is 394 g/mol. The van der Waals surface area contributed by atoms with Crippen LogP contribution >= 0.6 is 0 Å². The average molecular weight is 413 g/mol. The molecule has 5 nitrogen and oxygen atoms in total. The van der Waals surface area contributed by atoms with Crippen molar-refractivity contribution in [1.29, 1.82) is 0 Å². The SMILES string of the molecule is Nc1ncnc2nc[nH]c12.c1ccc2cc3cc4cc5ccccc5cc4cc3cc2c1. The molecule has 0 saturated heterocycles. The molecule has 0 aliphatic rings. The summed E-state index contributed by atoms with van der Waals surface area (Å²) in [6, 6.07) is 30.9. The second-order valence-electron chi connectivity index (χ2n) is 7.81. The number of rotatable bonds is 0. The number of imidazole rings is 1. The molecule has 5 heteroatoms. The van der Waals surface area contributed by atoms with E-state index in [9.17, 15) is 0 Å². The number of nitrogen functional groups attached to an aromatic ring is 1. The summed E-state index contributed by atoms with van der Waals surface area (Å²) in [7, 11) is 0. The first-order valence-corrected chi connectivity index (χ1v) is 10.4. The minimum atomic E-state index is 0.433. The number of nitrogens with zero attached hydrogens (tertiary/aromatic N) is 3. The quantitative estimate of drug-likeness (QED) is 0.289. The summed E-state index contributed by atoms with van der Waals surface area (Å²) in [6.45, 7) is 0. The topological polar surface area (TPSA) is 80.5 Å². The molecule has 3 N–H and O–H groups in total. The average Bonchev–Trinajstić information content (AvgIpc) is 3.31. The van der Waals surface area contributed by atoms with Gasteiger partial charge in [0.1, 0.15) is 11.8 Å². The highest BCUT2D eigenvalue weighted by Gasteiger charge is 2.03. The summed E-state index contributed by atoms with van der Waals surface area (Å²) >= 11 is 0. The maximum Gasteiger partial charge on any atom is 0.182 e. The molecule has 7 rings (SSSR count). The van der Waals surface area contributed by atoms with Gasteiger partial charge in [0.05, 0.1) is 6.33 Å². The Bertz CT molecular complexity index is 1570. The van der Waals surface area contributed by atoms with Gasteiger partial charge in [-0.15, -0.1) is 0 Å². The van der Waals surface area contributed by atoms with Crippen molar-refractivity contribution < 1.29 is 0 Å². The molecule has 0 aliphatic carbocycles. The van der Waals surface area contributed by atoms with E-state index in [0.29, 0.717) is 17.0 Å². The Kier molecular flexibility index (Phi) is 4.18. The Morgan fingerprint density at radius 1 is 0.531 bits per heavy atom. The van der Waals surface area contributed by atoms with Gasteiger partial charge in [0.25, 0.3) is 0 Å². The summed E-state index contributed by atoms with van der Waals surface area (Å²) in [6.07, 6.45) is 2.92. The fourth-order valence-corrected chi connectivity index (χ4v) is 4.17. The molecule has 0 aliphatic heterocycles. The predicted octanol–water partition coefficient (Wildman–Crippen LogP) is 6.23. The number of nitrogens with two attached hydrogens (primary N) is 1. The molecule has 0 bridgehead atoms. The molecule has 7 aromatic rings. The standard InChI is InChI=1S/C22H14.C5H5N5/c1-2-6-16-10-20-14-22-12-18-8-4-3-7-17(18)11-21(22)13-19(20)9-15(16)5-1;6-4-3-5(9-1-7-3)10-2-8-4/h1-14H;1-2H,(H3,6,7,8,9,10). The van der Waals surface area contributed by atoms with Crippen LogP contribution in [-0.4, -0.2) is 19.9 Å². The Labute approximate surface area is 183 Å². The summed E-state index contributed by atoms with van der Waals surface area (Å²) in [4.78, 5) is 14.4. The molecule has 2 aromatic heterocycles. The molecule has 0 atom stereocenters. The van der Waals surface area contributed by atoms with Crippen molar-refractivity contribution in [3.8, 4) is 0 Å². The van der Waals surface area contributed by atoms with Crippen LogP contribution < -0.4 is 5.73 Å². The van der Waals surface area contributed by atoms with E-state index in [0.717, 1.165) is 0 Å². The van der Waals surface area contributed by atoms with E-state index in [1.165, 1.54) is 55.7 Å². The number of nitrogens with one attached hydrogen (secondary N) is 1. The third-order valence-electron chi connectivity index (χ3n) is 5.78. The van der Waals surface area contributed by atoms with E-state index in [-0.39, 0.29) is 0 Å². The molecule has 32 heavy (non-hydrogen) atoms. The summed E-state index contributed by atoms with van der Waals surface area (Å²) in [5, 5.41) is 10.4. The first-order chi connectivity index (χ1) is 15.7. The van der Waals surface area contributed by atoms with Crippen molar-refractivity contribution in [3.05, 3.63) is 97.6 Å². The van der Waals surface area contributed by atoms with Crippen molar-refractivity contribution in [2.45, 2.75) is 0 Å². The van der Waals surface area contributed by atoms with E-state index in [1.54, 1.807) is 0 Å². The first-order valence-electron chi connectivity index (χ1n) is 10.4. The van der Waals surface area contributed by atoms with Gasteiger partial charge in [-0.05, 0) is 79.5 Å². The molecule has 152 valence electrons. The van der Waals surface area contributed by atoms with Crippen LogP contribution in [0, 0.1) is 0 Å². The Morgan fingerprint density at radius 3 is 1.41 bits per heavy atom. The van der Waals surface area contributed by atoms with Crippen LogP contribution in [0.1, 0.15) is 0 Å². The van der Waals surface area contributed by atoms with Crippen LogP contribution in [0.4, 0.5) is 5.82 Å². The van der Waals surface area contributed by atoms with Crippen molar-refractivity contribution in [1.82, 2.24) is 19.9 Å². The van der Waals surface area contributed by atoms with E-state index in [2.05, 4.69) is 105 Å². The van der Waals surface area contributed by atoms with Gasteiger partial charge in [0, 0.05) is 0 Å². The number of hydrogen-bond acceptors (Lipinski definition) is 4. The van der Waals surface area contributed by atoms with Crippen LogP contribution in [0.2, 0.25) is 0 Å². The first kappa shape index (κ1) is 18.3. The van der Waals surface area contributed by atoms with Gasteiger partial charge >= 0.3 is 0 Å². The van der Waals surface area contributed by atoms with Crippen molar-refractivity contribution >= 4 is 60.1 Å². The van der Waals surface area contributed by atoms with Crippen molar-refractivity contribution in [3.63, 3.8) is 0 Å². The van der Waals surface area contributed by atoms with Crippen LogP contribution in [0.3, 0.4) is 0 Å². The van der Waals surface area contributed by atoms with Gasteiger partial charge in [-0.3, -0.25) is 0 Å². The highest BCUT2D eigenvalue weighted by Crippen LogP contribution is 2.30. The largest absolute Gasteiger partial charge is 0.382 e. The molecule has 2 heterocycles. The van der Waals surface area contributed by atoms with E-state index in [4.69, 9.17) is 5.73 Å². The molecule has 0 saturated carbocycles.